The van der Waals surface area contributed by atoms with Gasteiger partial charge in [0.15, 0.2) is 21.5 Å². The largest absolute Gasteiger partial charge is 0.497 e. The summed E-state index contributed by atoms with van der Waals surface area (Å²) >= 11 is 3.45. The van der Waals surface area contributed by atoms with E-state index in [9.17, 15) is 13.2 Å². The van der Waals surface area contributed by atoms with Crippen LogP contribution in [0.25, 0.3) is 0 Å². The summed E-state index contributed by atoms with van der Waals surface area (Å²) in [7, 11) is -2.22. The van der Waals surface area contributed by atoms with Crippen LogP contribution in [0.2, 0.25) is 0 Å². The van der Waals surface area contributed by atoms with Crippen LogP contribution in [0.4, 0.5) is 0 Å². The molecule has 0 aliphatic carbocycles. The Bertz CT molecular complexity index is 1780. The summed E-state index contributed by atoms with van der Waals surface area (Å²) in [5, 5.41) is 12.1. The van der Waals surface area contributed by atoms with E-state index in [1.54, 1.807) is 79.9 Å². The molecule has 0 aromatic heterocycles. The van der Waals surface area contributed by atoms with Crippen LogP contribution in [0.3, 0.4) is 0 Å². The number of methoxy groups -OCH3 is 1. The summed E-state index contributed by atoms with van der Waals surface area (Å²) in [6.07, 6.45) is -0.0180. The van der Waals surface area contributed by atoms with Gasteiger partial charge in [-0.2, -0.15) is 0 Å². The highest BCUT2D eigenvalue weighted by atomic mass is 79.9. The van der Waals surface area contributed by atoms with E-state index in [1.807, 2.05) is 30.3 Å². The molecule has 4 aromatic rings. The average molecular weight is 722 g/mol. The first kappa shape index (κ1) is 34.2. The smallest absolute Gasteiger partial charge is 0.252 e. The molecular formula is C36H37BrN2O7S. The van der Waals surface area contributed by atoms with E-state index in [1.165, 1.54) is 0 Å². The number of hydrogen-bond donors (Lipinski definition) is 2. The van der Waals surface area contributed by atoms with Crippen molar-refractivity contribution in [2.24, 2.45) is 4.99 Å². The fourth-order valence-electron chi connectivity index (χ4n) is 5.34. The average Bonchev–Trinajstić information content (AvgIpc) is 3.50. The van der Waals surface area contributed by atoms with Crippen molar-refractivity contribution >= 4 is 37.6 Å². The summed E-state index contributed by atoms with van der Waals surface area (Å²) in [5.41, 5.74) is 0.626. The second-order valence-corrected chi connectivity index (χ2v) is 14.1. The van der Waals surface area contributed by atoms with Crippen LogP contribution in [-0.4, -0.2) is 63.5 Å². The molecule has 2 atom stereocenters. The Labute approximate surface area is 283 Å². The van der Waals surface area contributed by atoms with E-state index in [0.29, 0.717) is 48.6 Å². The fraction of sp³-hybridized carbons (Fsp3) is 0.278. The molecule has 0 spiro atoms. The third-order valence-corrected chi connectivity index (χ3v) is 10.2. The first-order valence-corrected chi connectivity index (χ1v) is 17.7. The molecule has 11 heteroatoms. The topological polar surface area (TPSA) is 124 Å². The van der Waals surface area contributed by atoms with Crippen LogP contribution in [0.1, 0.15) is 35.6 Å². The molecule has 1 aliphatic rings. The van der Waals surface area contributed by atoms with Gasteiger partial charge in [-0.1, -0.05) is 58.4 Å². The Morgan fingerprint density at radius 1 is 0.979 bits per heavy atom. The number of carbonyl (C=O) groups is 1. The van der Waals surface area contributed by atoms with Crippen molar-refractivity contribution in [2.75, 3.05) is 32.6 Å². The van der Waals surface area contributed by atoms with Crippen LogP contribution in [0.5, 0.6) is 11.5 Å². The van der Waals surface area contributed by atoms with E-state index in [0.717, 1.165) is 10.0 Å². The molecule has 5 rings (SSSR count). The maximum absolute atomic E-state index is 14.4. The number of halogens is 1. The highest BCUT2D eigenvalue weighted by molar-refractivity contribution is 9.10. The second kappa shape index (κ2) is 15.6. The maximum atomic E-state index is 14.4. The third kappa shape index (κ3) is 8.40. The van der Waals surface area contributed by atoms with Crippen molar-refractivity contribution < 1.29 is 32.5 Å². The molecule has 0 bridgehead atoms. The van der Waals surface area contributed by atoms with Crippen molar-refractivity contribution in [3.8, 4) is 11.5 Å². The minimum absolute atomic E-state index is 0.0294. The van der Waals surface area contributed by atoms with E-state index < -0.39 is 27.4 Å². The van der Waals surface area contributed by atoms with Crippen LogP contribution < -0.4 is 14.8 Å². The molecule has 0 unspecified atom stereocenters. The standard InChI is InChI=1S/C36H37BrN2O7S/c1-44-31-8-5-7-28(25-31)33-36(20-24-47(42,43)32-9-3-2-4-10-32,35(41)38-21-19-26-11-15-29(37)16-12-26)39-34(46-33)27-13-17-30(18-14-27)45-23-6-22-40/h2-5,7-18,25,33,40H,6,19-24H2,1H3,(H,38,41)/t33-,36-/m1/s1. The summed E-state index contributed by atoms with van der Waals surface area (Å²) in [6.45, 7) is 0.704. The lowest BCUT2D eigenvalue weighted by atomic mass is 9.85. The molecule has 1 aliphatic heterocycles. The lowest BCUT2D eigenvalue weighted by Crippen LogP contribution is -2.49. The number of nitrogens with one attached hydrogen (secondary N) is 1. The monoisotopic (exact) mass is 720 g/mol. The number of amides is 1. The molecule has 2 N–H and O–H groups in total. The molecule has 0 saturated heterocycles. The Balaban J connectivity index is 1.52. The van der Waals surface area contributed by atoms with Gasteiger partial charge in [0.2, 0.25) is 5.90 Å². The Kier molecular flexibility index (Phi) is 11.3. The van der Waals surface area contributed by atoms with Gasteiger partial charge in [0.1, 0.15) is 11.5 Å². The van der Waals surface area contributed by atoms with Crippen LogP contribution >= 0.6 is 15.9 Å². The number of hydrogen-bond acceptors (Lipinski definition) is 8. The zero-order valence-corrected chi connectivity index (χ0v) is 28.4. The summed E-state index contributed by atoms with van der Waals surface area (Å²) in [5.74, 6) is 0.598. The van der Waals surface area contributed by atoms with E-state index in [-0.39, 0.29) is 29.6 Å². The van der Waals surface area contributed by atoms with Gasteiger partial charge in [0.25, 0.3) is 5.91 Å². The molecule has 246 valence electrons. The zero-order valence-electron chi connectivity index (χ0n) is 26.0. The Morgan fingerprint density at radius 2 is 1.72 bits per heavy atom. The normalized spacial score (nSPS) is 17.4. The Morgan fingerprint density at radius 3 is 2.43 bits per heavy atom. The highest BCUT2D eigenvalue weighted by Gasteiger charge is 2.53. The Hall–Kier alpha value is -4.19. The van der Waals surface area contributed by atoms with Gasteiger partial charge in [-0.15, -0.1) is 0 Å². The molecule has 9 nitrogen and oxygen atoms in total. The van der Waals surface area contributed by atoms with Crippen molar-refractivity contribution in [3.05, 3.63) is 124 Å². The van der Waals surface area contributed by atoms with E-state index in [2.05, 4.69) is 21.2 Å². The minimum atomic E-state index is -3.77. The van der Waals surface area contributed by atoms with Crippen molar-refractivity contribution in [3.63, 3.8) is 0 Å². The molecular weight excluding hydrogens is 684 g/mol. The van der Waals surface area contributed by atoms with Gasteiger partial charge < -0.3 is 24.6 Å². The maximum Gasteiger partial charge on any atom is 0.252 e. The molecule has 4 aromatic carbocycles. The number of nitrogens with zero attached hydrogens (tertiary/aromatic N) is 1. The molecule has 47 heavy (non-hydrogen) atoms. The third-order valence-electron chi connectivity index (χ3n) is 7.89. The lowest BCUT2D eigenvalue weighted by Gasteiger charge is -2.30. The van der Waals surface area contributed by atoms with Crippen molar-refractivity contribution in [1.82, 2.24) is 5.32 Å². The summed E-state index contributed by atoms with van der Waals surface area (Å²) < 4.78 is 45.7. The van der Waals surface area contributed by atoms with Crippen LogP contribution in [-0.2, 0) is 25.8 Å². The summed E-state index contributed by atoms with van der Waals surface area (Å²) in [4.78, 5) is 19.5. The number of benzene rings is 4. The van der Waals surface area contributed by atoms with Crippen LogP contribution in [0.15, 0.2) is 117 Å². The second-order valence-electron chi connectivity index (χ2n) is 11.1. The predicted molar refractivity (Wildman–Crippen MR) is 184 cm³/mol. The highest BCUT2D eigenvalue weighted by Crippen LogP contribution is 2.44. The minimum Gasteiger partial charge on any atom is -0.497 e. The lowest BCUT2D eigenvalue weighted by molar-refractivity contribution is -0.129. The number of aliphatic hydroxyl groups excluding tert-OH is 1. The van der Waals surface area contributed by atoms with Crippen molar-refractivity contribution in [2.45, 2.75) is 35.8 Å². The van der Waals surface area contributed by atoms with Gasteiger partial charge in [-0.3, -0.25) is 4.79 Å². The molecule has 1 amide bonds. The van der Waals surface area contributed by atoms with Gasteiger partial charge >= 0.3 is 0 Å². The quantitative estimate of drug-likeness (QED) is 0.151. The van der Waals surface area contributed by atoms with Gasteiger partial charge in [0, 0.05) is 36.0 Å². The number of aliphatic hydroxyl groups is 1. The summed E-state index contributed by atoms with van der Waals surface area (Å²) in [6, 6.07) is 30.3. The number of sulfone groups is 1. The first-order valence-electron chi connectivity index (χ1n) is 15.3. The SMILES string of the molecule is COc1cccc([C@H]2OC(c3ccc(OCCCO)cc3)=N[C@@]2(CCS(=O)(=O)c2ccccc2)C(=O)NCCc2ccc(Br)cc2)c1. The number of carbonyl (C=O) groups excluding carboxylic acids is 1. The molecule has 0 saturated carbocycles. The fourth-order valence-corrected chi connectivity index (χ4v) is 6.99. The molecule has 0 fully saturated rings. The van der Waals surface area contributed by atoms with E-state index >= 15 is 0 Å². The van der Waals surface area contributed by atoms with Gasteiger partial charge in [0.05, 0.1) is 24.4 Å². The van der Waals surface area contributed by atoms with Crippen molar-refractivity contribution in [1.29, 1.82) is 0 Å². The molecule has 1 heterocycles. The first-order chi connectivity index (χ1) is 22.7. The zero-order chi connectivity index (χ0) is 33.3. The number of ether oxygens (including phenoxy) is 3. The van der Waals surface area contributed by atoms with Gasteiger partial charge in [-0.05, 0) is 78.2 Å². The van der Waals surface area contributed by atoms with Crippen LogP contribution in [0, 0.1) is 0 Å². The number of aliphatic imine (C=N–C) groups is 1. The van der Waals surface area contributed by atoms with Gasteiger partial charge in [-0.25, -0.2) is 13.4 Å². The molecule has 0 radical (unpaired) electrons. The number of rotatable bonds is 15. The predicted octanol–water partition coefficient (Wildman–Crippen LogP) is 5.70. The van der Waals surface area contributed by atoms with E-state index in [4.69, 9.17) is 24.3 Å².